The van der Waals surface area contributed by atoms with Crippen molar-refractivity contribution >= 4 is 17.5 Å². The predicted octanol–water partition coefficient (Wildman–Crippen LogP) is 3.31. The maximum atomic E-state index is 5.85. The van der Waals surface area contributed by atoms with Crippen LogP contribution in [0.5, 0.6) is 5.75 Å². The summed E-state index contributed by atoms with van der Waals surface area (Å²) in [5, 5.41) is 3.94. The number of methoxy groups -OCH3 is 1. The summed E-state index contributed by atoms with van der Waals surface area (Å²) in [6.45, 7) is 2.04. The monoisotopic (exact) mass is 263 g/mol. The van der Waals surface area contributed by atoms with Gasteiger partial charge in [-0.15, -0.1) is 0 Å². The quantitative estimate of drug-likeness (QED) is 0.919. The maximum absolute atomic E-state index is 5.85. The van der Waals surface area contributed by atoms with E-state index in [1.807, 2.05) is 31.2 Å². The Bertz CT molecular complexity index is 499. The minimum atomic E-state index is 0.107. The van der Waals surface area contributed by atoms with E-state index in [4.69, 9.17) is 16.3 Å². The number of hydrogen-bond acceptors (Lipinski definition) is 4. The van der Waals surface area contributed by atoms with Crippen molar-refractivity contribution < 1.29 is 4.74 Å². The van der Waals surface area contributed by atoms with Crippen molar-refractivity contribution in [3.05, 3.63) is 47.2 Å². The molecule has 0 aliphatic rings. The number of nitrogens with one attached hydrogen (secondary N) is 1. The molecule has 1 atom stereocenters. The van der Waals surface area contributed by atoms with Gasteiger partial charge in [-0.05, 0) is 24.6 Å². The number of rotatable bonds is 4. The fourth-order valence-corrected chi connectivity index (χ4v) is 1.65. The molecule has 18 heavy (non-hydrogen) atoms. The fourth-order valence-electron chi connectivity index (χ4n) is 1.52. The second-order valence-corrected chi connectivity index (χ2v) is 4.30. The van der Waals surface area contributed by atoms with Gasteiger partial charge in [-0.3, -0.25) is 0 Å². The van der Waals surface area contributed by atoms with E-state index in [-0.39, 0.29) is 6.04 Å². The van der Waals surface area contributed by atoms with Crippen LogP contribution >= 0.6 is 11.6 Å². The summed E-state index contributed by atoms with van der Waals surface area (Å²) < 4.78 is 5.00. The van der Waals surface area contributed by atoms with Gasteiger partial charge >= 0.3 is 0 Å². The molecule has 0 bridgehead atoms. The first-order chi connectivity index (χ1) is 8.69. The second-order valence-electron chi connectivity index (χ2n) is 3.86. The average Bonchev–Trinajstić information content (AvgIpc) is 2.40. The summed E-state index contributed by atoms with van der Waals surface area (Å²) in [6, 6.07) is 7.79. The van der Waals surface area contributed by atoms with E-state index >= 15 is 0 Å². The average molecular weight is 264 g/mol. The molecule has 2 rings (SSSR count). The molecule has 4 nitrogen and oxygen atoms in total. The van der Waals surface area contributed by atoms with Crippen molar-refractivity contribution in [1.82, 2.24) is 9.97 Å². The molecule has 0 saturated carbocycles. The Morgan fingerprint density at radius 1 is 1.17 bits per heavy atom. The minimum absolute atomic E-state index is 0.107. The van der Waals surface area contributed by atoms with E-state index in [0.717, 1.165) is 10.6 Å². The summed E-state index contributed by atoms with van der Waals surface area (Å²) in [4.78, 5) is 8.32. The van der Waals surface area contributed by atoms with Crippen LogP contribution in [0.3, 0.4) is 0 Å². The summed E-state index contributed by atoms with van der Waals surface area (Å²) in [7, 11) is 1.59. The van der Waals surface area contributed by atoms with Crippen LogP contribution in [0.25, 0.3) is 0 Å². The molecule has 0 aliphatic carbocycles. The van der Waals surface area contributed by atoms with Gasteiger partial charge in [-0.2, -0.15) is 0 Å². The van der Waals surface area contributed by atoms with Crippen LogP contribution in [-0.2, 0) is 0 Å². The fraction of sp³-hybridized carbons (Fsp3) is 0.231. The molecule has 1 aromatic carbocycles. The highest BCUT2D eigenvalue weighted by Crippen LogP contribution is 2.19. The molecule has 0 saturated heterocycles. The van der Waals surface area contributed by atoms with Gasteiger partial charge in [-0.1, -0.05) is 23.7 Å². The lowest BCUT2D eigenvalue weighted by Gasteiger charge is -2.14. The summed E-state index contributed by atoms with van der Waals surface area (Å²) in [5.41, 5.74) is 1.12. The molecule has 1 aromatic heterocycles. The van der Waals surface area contributed by atoms with Gasteiger partial charge in [0, 0.05) is 5.02 Å². The van der Waals surface area contributed by atoms with Gasteiger partial charge in [-0.25, -0.2) is 9.97 Å². The number of ether oxygens (including phenoxy) is 1. The Morgan fingerprint density at radius 3 is 2.33 bits per heavy atom. The van der Waals surface area contributed by atoms with E-state index in [1.54, 1.807) is 19.5 Å². The molecule has 0 amide bonds. The number of nitrogens with zero attached hydrogens (tertiary/aromatic N) is 2. The number of aromatic nitrogens is 2. The molecule has 0 spiro atoms. The van der Waals surface area contributed by atoms with Crippen LogP contribution in [0.2, 0.25) is 5.02 Å². The zero-order chi connectivity index (χ0) is 13.0. The predicted molar refractivity (Wildman–Crippen MR) is 72.1 cm³/mol. The van der Waals surface area contributed by atoms with Crippen molar-refractivity contribution in [2.24, 2.45) is 0 Å². The largest absolute Gasteiger partial charge is 0.494 e. The van der Waals surface area contributed by atoms with E-state index in [2.05, 4.69) is 15.3 Å². The van der Waals surface area contributed by atoms with Gasteiger partial charge in [0.1, 0.15) is 0 Å². The minimum Gasteiger partial charge on any atom is -0.494 e. The normalized spacial score (nSPS) is 11.9. The molecule has 0 radical (unpaired) electrons. The molecule has 1 heterocycles. The van der Waals surface area contributed by atoms with Crippen LogP contribution < -0.4 is 10.1 Å². The molecule has 1 unspecified atom stereocenters. The lowest BCUT2D eigenvalue weighted by molar-refractivity contribution is 0.411. The first kappa shape index (κ1) is 12.6. The second kappa shape index (κ2) is 5.69. The molecular weight excluding hydrogens is 250 g/mol. The lowest BCUT2D eigenvalue weighted by Crippen LogP contribution is -2.09. The van der Waals surface area contributed by atoms with Gasteiger partial charge in [0.25, 0.3) is 0 Å². The molecule has 1 N–H and O–H groups in total. The number of benzene rings is 1. The number of halogens is 1. The van der Waals surface area contributed by atoms with Crippen LogP contribution in [0.1, 0.15) is 18.5 Å². The zero-order valence-electron chi connectivity index (χ0n) is 10.2. The number of hydrogen-bond donors (Lipinski definition) is 1. The van der Waals surface area contributed by atoms with E-state index in [0.29, 0.717) is 11.7 Å². The Hall–Kier alpha value is -1.81. The summed E-state index contributed by atoms with van der Waals surface area (Å²) in [5.74, 6) is 1.21. The molecule has 2 aromatic rings. The molecule has 94 valence electrons. The lowest BCUT2D eigenvalue weighted by atomic mass is 10.1. The van der Waals surface area contributed by atoms with Crippen LogP contribution in [0.15, 0.2) is 36.7 Å². The van der Waals surface area contributed by atoms with E-state index in [1.165, 1.54) is 0 Å². The summed E-state index contributed by atoms with van der Waals surface area (Å²) in [6.07, 6.45) is 3.26. The number of anilines is 1. The third kappa shape index (κ3) is 3.11. The highest BCUT2D eigenvalue weighted by molar-refractivity contribution is 6.30. The summed E-state index contributed by atoms with van der Waals surface area (Å²) >= 11 is 5.85. The smallest absolute Gasteiger partial charge is 0.223 e. The standard InChI is InChI=1S/C13H14ClN3O/c1-9(10-3-5-11(14)6-4-10)17-13-15-7-12(18-2)8-16-13/h3-9H,1-2H3,(H,15,16,17). The van der Waals surface area contributed by atoms with Crippen molar-refractivity contribution in [3.8, 4) is 5.75 Å². The van der Waals surface area contributed by atoms with Gasteiger partial charge in [0.05, 0.1) is 25.5 Å². The van der Waals surface area contributed by atoms with E-state index < -0.39 is 0 Å². The molecule has 0 fully saturated rings. The van der Waals surface area contributed by atoms with Crippen molar-refractivity contribution in [2.45, 2.75) is 13.0 Å². The SMILES string of the molecule is COc1cnc(NC(C)c2ccc(Cl)cc2)nc1. The Morgan fingerprint density at radius 2 is 1.78 bits per heavy atom. The van der Waals surface area contributed by atoms with Crippen molar-refractivity contribution in [2.75, 3.05) is 12.4 Å². The van der Waals surface area contributed by atoms with Crippen LogP contribution in [-0.4, -0.2) is 17.1 Å². The van der Waals surface area contributed by atoms with E-state index in [9.17, 15) is 0 Å². The molecule has 0 aliphatic heterocycles. The first-order valence-corrected chi connectivity index (χ1v) is 5.95. The van der Waals surface area contributed by atoms with Crippen LogP contribution in [0.4, 0.5) is 5.95 Å². The Kier molecular flexibility index (Phi) is 3.99. The zero-order valence-corrected chi connectivity index (χ0v) is 11.0. The van der Waals surface area contributed by atoms with Gasteiger partial charge < -0.3 is 10.1 Å². The Balaban J connectivity index is 2.05. The highest BCUT2D eigenvalue weighted by atomic mass is 35.5. The van der Waals surface area contributed by atoms with Crippen molar-refractivity contribution in [3.63, 3.8) is 0 Å². The Labute approximate surface area is 111 Å². The van der Waals surface area contributed by atoms with Gasteiger partial charge in [0.15, 0.2) is 5.75 Å². The first-order valence-electron chi connectivity index (χ1n) is 5.57. The third-order valence-corrected chi connectivity index (χ3v) is 2.83. The third-order valence-electron chi connectivity index (χ3n) is 2.58. The van der Waals surface area contributed by atoms with Crippen molar-refractivity contribution in [1.29, 1.82) is 0 Å². The molecular formula is C13H14ClN3O. The van der Waals surface area contributed by atoms with Crippen LogP contribution in [0, 0.1) is 0 Å². The topological polar surface area (TPSA) is 47.0 Å². The van der Waals surface area contributed by atoms with Gasteiger partial charge in [0.2, 0.25) is 5.95 Å². The highest BCUT2D eigenvalue weighted by Gasteiger charge is 2.06. The molecule has 5 heteroatoms. The maximum Gasteiger partial charge on any atom is 0.223 e.